The molecule has 0 fully saturated rings. The Labute approximate surface area is 121 Å². The molecule has 0 radical (unpaired) electrons. The van der Waals surface area contributed by atoms with Crippen LogP contribution in [0, 0.1) is 0 Å². The zero-order valence-corrected chi connectivity index (χ0v) is 12.9. The molecule has 0 spiro atoms. The summed E-state index contributed by atoms with van der Waals surface area (Å²) in [5, 5.41) is 13.3. The molecule has 0 saturated carbocycles. The van der Waals surface area contributed by atoms with Crippen molar-refractivity contribution in [3.63, 3.8) is 0 Å². The first kappa shape index (κ1) is 17.1. The van der Waals surface area contributed by atoms with Gasteiger partial charge in [-0.05, 0) is 44.1 Å². The Balaban J connectivity index is 3.03. The van der Waals surface area contributed by atoms with Crippen molar-refractivity contribution in [3.05, 3.63) is 29.8 Å². The lowest BCUT2D eigenvalue weighted by Crippen LogP contribution is -2.34. The van der Waals surface area contributed by atoms with Crippen molar-refractivity contribution in [2.24, 2.45) is 5.73 Å². The van der Waals surface area contributed by atoms with Crippen molar-refractivity contribution in [2.45, 2.75) is 36.8 Å². The number of hydrogen-bond donors (Lipinski definition) is 3. The molecule has 1 rings (SSSR count). The topological polar surface area (TPSA) is 92.4 Å². The van der Waals surface area contributed by atoms with Gasteiger partial charge in [-0.2, -0.15) is 0 Å². The van der Waals surface area contributed by atoms with Gasteiger partial charge in [0.05, 0.1) is 16.8 Å². The molecular weight excluding hydrogens is 276 g/mol. The number of aliphatic hydroxyl groups excluding tert-OH is 1. The van der Waals surface area contributed by atoms with Crippen molar-refractivity contribution in [2.75, 3.05) is 19.3 Å². The molecule has 114 valence electrons. The van der Waals surface area contributed by atoms with Crippen molar-refractivity contribution >= 4 is 9.84 Å². The third kappa shape index (κ3) is 4.28. The molecule has 1 aromatic rings. The Morgan fingerprint density at radius 3 is 2.65 bits per heavy atom. The summed E-state index contributed by atoms with van der Waals surface area (Å²) in [4.78, 5) is 0.263. The second kappa shape index (κ2) is 7.73. The predicted molar refractivity (Wildman–Crippen MR) is 80.3 cm³/mol. The second-order valence-electron chi connectivity index (χ2n) is 4.81. The molecule has 2 atom stereocenters. The Hall–Kier alpha value is -0.950. The van der Waals surface area contributed by atoms with Crippen LogP contribution in [-0.4, -0.2) is 38.9 Å². The zero-order valence-electron chi connectivity index (χ0n) is 12.0. The fourth-order valence-electron chi connectivity index (χ4n) is 2.15. The molecule has 0 aromatic heterocycles. The second-order valence-corrected chi connectivity index (χ2v) is 6.92. The molecule has 0 heterocycles. The molecule has 5 nitrogen and oxygen atoms in total. The maximum absolute atomic E-state index is 12.1. The van der Waals surface area contributed by atoms with E-state index in [1.807, 2.05) is 6.92 Å². The third-order valence-corrected chi connectivity index (χ3v) is 5.18. The number of nitrogens with one attached hydrogen (secondary N) is 1. The van der Waals surface area contributed by atoms with Gasteiger partial charge in [0, 0.05) is 6.04 Å². The van der Waals surface area contributed by atoms with E-state index in [0.717, 1.165) is 0 Å². The van der Waals surface area contributed by atoms with Crippen LogP contribution in [0.5, 0.6) is 0 Å². The average Bonchev–Trinajstić information content (AvgIpc) is 2.44. The highest BCUT2D eigenvalue weighted by Gasteiger charge is 2.21. The minimum atomic E-state index is -3.27. The predicted octanol–water partition coefficient (Wildman–Crippen LogP) is 0.841. The summed E-state index contributed by atoms with van der Waals surface area (Å²) in [7, 11) is -1.52. The number of aliphatic hydroxyl groups is 1. The van der Waals surface area contributed by atoms with Crippen LogP contribution < -0.4 is 11.1 Å². The van der Waals surface area contributed by atoms with Crippen LogP contribution in [0.15, 0.2) is 29.2 Å². The van der Waals surface area contributed by atoms with Crippen molar-refractivity contribution < 1.29 is 13.5 Å². The van der Waals surface area contributed by atoms with E-state index < -0.39 is 15.9 Å². The first-order chi connectivity index (χ1) is 9.46. The molecular formula is C14H24N2O3S. The van der Waals surface area contributed by atoms with Crippen LogP contribution in [0.25, 0.3) is 0 Å². The van der Waals surface area contributed by atoms with Gasteiger partial charge in [0.1, 0.15) is 0 Å². The van der Waals surface area contributed by atoms with Gasteiger partial charge in [0.15, 0.2) is 9.84 Å². The number of sulfone groups is 1. The number of nitrogens with two attached hydrogens (primary N) is 1. The maximum Gasteiger partial charge on any atom is 0.178 e. The van der Waals surface area contributed by atoms with Crippen LogP contribution in [0.2, 0.25) is 0 Å². The molecule has 0 aliphatic heterocycles. The number of hydrogen-bond acceptors (Lipinski definition) is 5. The van der Waals surface area contributed by atoms with Crippen LogP contribution in [-0.2, 0) is 9.84 Å². The van der Waals surface area contributed by atoms with Crippen LogP contribution in [0.3, 0.4) is 0 Å². The van der Waals surface area contributed by atoms with Gasteiger partial charge in [-0.15, -0.1) is 0 Å². The molecule has 6 heteroatoms. The van der Waals surface area contributed by atoms with Gasteiger partial charge in [-0.1, -0.05) is 19.1 Å². The summed E-state index contributed by atoms with van der Waals surface area (Å²) in [5.41, 5.74) is 6.11. The number of rotatable bonds is 8. The standard InChI is InChI=1S/C14H24N2O3S/c1-3-9-20(18,19)12-6-4-5-11(10-12)14(17)13(16-2)7-8-15/h4-6,10,13-14,16-17H,3,7-9,15H2,1-2H3. The Morgan fingerprint density at radius 2 is 2.10 bits per heavy atom. The van der Waals surface area contributed by atoms with Crippen molar-refractivity contribution in [1.82, 2.24) is 5.32 Å². The minimum absolute atomic E-state index is 0.116. The lowest BCUT2D eigenvalue weighted by Gasteiger charge is -2.22. The van der Waals surface area contributed by atoms with E-state index in [2.05, 4.69) is 5.32 Å². The van der Waals surface area contributed by atoms with Gasteiger partial charge in [0.2, 0.25) is 0 Å². The SMILES string of the molecule is CCCS(=O)(=O)c1cccc(C(O)C(CCN)NC)c1. The highest BCUT2D eigenvalue weighted by molar-refractivity contribution is 7.91. The van der Waals surface area contributed by atoms with Crippen molar-refractivity contribution in [3.8, 4) is 0 Å². The lowest BCUT2D eigenvalue weighted by molar-refractivity contribution is 0.128. The van der Waals surface area contributed by atoms with E-state index in [1.165, 1.54) is 0 Å². The molecule has 0 saturated heterocycles. The Morgan fingerprint density at radius 1 is 1.40 bits per heavy atom. The van der Waals surface area contributed by atoms with Gasteiger partial charge in [-0.3, -0.25) is 0 Å². The zero-order chi connectivity index (χ0) is 15.2. The molecule has 4 N–H and O–H groups in total. The number of likely N-dealkylation sites (N-methyl/N-ethyl adjacent to an activating group) is 1. The van der Waals surface area contributed by atoms with Gasteiger partial charge in [-0.25, -0.2) is 8.42 Å². The summed E-state index contributed by atoms with van der Waals surface area (Å²) in [6.07, 6.45) is 0.408. The molecule has 2 unspecified atom stereocenters. The van der Waals surface area contributed by atoms with Crippen molar-refractivity contribution in [1.29, 1.82) is 0 Å². The first-order valence-electron chi connectivity index (χ1n) is 6.84. The fourth-order valence-corrected chi connectivity index (χ4v) is 3.53. The average molecular weight is 300 g/mol. The van der Waals surface area contributed by atoms with Gasteiger partial charge >= 0.3 is 0 Å². The molecule has 0 amide bonds. The summed E-state index contributed by atoms with van der Waals surface area (Å²) >= 11 is 0. The lowest BCUT2D eigenvalue weighted by atomic mass is 10.00. The van der Waals surface area contributed by atoms with Gasteiger partial charge in [0.25, 0.3) is 0 Å². The van der Waals surface area contributed by atoms with E-state index in [0.29, 0.717) is 24.9 Å². The smallest absolute Gasteiger partial charge is 0.178 e. The van der Waals surface area contributed by atoms with E-state index in [9.17, 15) is 13.5 Å². The molecule has 0 aliphatic rings. The highest BCUT2D eigenvalue weighted by atomic mass is 32.2. The normalized spacial score (nSPS) is 15.0. The van der Waals surface area contributed by atoms with Crippen LogP contribution >= 0.6 is 0 Å². The quantitative estimate of drug-likeness (QED) is 0.661. The molecule has 1 aromatic carbocycles. The van der Waals surface area contributed by atoms with Crippen LogP contribution in [0.1, 0.15) is 31.4 Å². The third-order valence-electron chi connectivity index (χ3n) is 3.26. The largest absolute Gasteiger partial charge is 0.387 e. The van der Waals surface area contributed by atoms with E-state index in [1.54, 1.807) is 31.3 Å². The summed E-state index contributed by atoms with van der Waals surface area (Å²) < 4.78 is 24.1. The fraction of sp³-hybridized carbons (Fsp3) is 0.571. The summed E-state index contributed by atoms with van der Waals surface area (Å²) in [6.45, 7) is 2.28. The maximum atomic E-state index is 12.1. The Bertz CT molecular complexity index is 517. The molecule has 20 heavy (non-hydrogen) atoms. The van der Waals surface area contributed by atoms with E-state index >= 15 is 0 Å². The summed E-state index contributed by atoms with van der Waals surface area (Å²) in [6, 6.07) is 6.33. The molecule has 0 bridgehead atoms. The van der Waals surface area contributed by atoms with E-state index in [-0.39, 0.29) is 16.7 Å². The minimum Gasteiger partial charge on any atom is -0.387 e. The summed E-state index contributed by atoms with van der Waals surface area (Å²) in [5.74, 6) is 0.116. The highest BCUT2D eigenvalue weighted by Crippen LogP contribution is 2.22. The monoisotopic (exact) mass is 300 g/mol. The number of benzene rings is 1. The first-order valence-corrected chi connectivity index (χ1v) is 8.49. The van der Waals surface area contributed by atoms with E-state index in [4.69, 9.17) is 5.73 Å². The van der Waals surface area contributed by atoms with Crippen LogP contribution in [0.4, 0.5) is 0 Å². The Kier molecular flexibility index (Phi) is 6.61. The van der Waals surface area contributed by atoms with Gasteiger partial charge < -0.3 is 16.2 Å². The molecule has 0 aliphatic carbocycles.